The van der Waals surface area contributed by atoms with Gasteiger partial charge in [-0.2, -0.15) is 5.26 Å². The molecule has 0 unspecified atom stereocenters. The molecule has 0 radical (unpaired) electrons. The first kappa shape index (κ1) is 12.7. The molecule has 0 heterocycles. The zero-order chi connectivity index (χ0) is 12.7. The molecule has 0 spiro atoms. The van der Waals surface area contributed by atoms with Crippen molar-refractivity contribution >= 4 is 11.9 Å². The Morgan fingerprint density at radius 2 is 2.18 bits per heavy atom. The molecule has 0 saturated heterocycles. The summed E-state index contributed by atoms with van der Waals surface area (Å²) in [4.78, 5) is 21.8. The highest BCUT2D eigenvalue weighted by molar-refractivity contribution is 5.94. The Balaban J connectivity index is 2.47. The number of aliphatic carboxylic acids is 1. The van der Waals surface area contributed by atoms with Crippen LogP contribution in [0.4, 0.5) is 0 Å². The topological polar surface area (TPSA) is 90.2 Å². The molecular formula is C12H12N2O3. The number of hydrogen-bond acceptors (Lipinski definition) is 3. The molecule has 0 aliphatic heterocycles. The van der Waals surface area contributed by atoms with Crippen LogP contribution < -0.4 is 5.32 Å². The summed E-state index contributed by atoms with van der Waals surface area (Å²) in [6.45, 7) is 0.307. The van der Waals surface area contributed by atoms with Gasteiger partial charge in [-0.05, 0) is 24.6 Å². The lowest BCUT2D eigenvalue weighted by molar-refractivity contribution is -0.137. The van der Waals surface area contributed by atoms with Crippen LogP contribution in [0.3, 0.4) is 0 Å². The maximum absolute atomic E-state index is 11.6. The maximum Gasteiger partial charge on any atom is 0.303 e. The van der Waals surface area contributed by atoms with Crippen molar-refractivity contribution in [1.29, 1.82) is 5.26 Å². The molecule has 0 saturated carbocycles. The van der Waals surface area contributed by atoms with Gasteiger partial charge in [0.1, 0.15) is 0 Å². The van der Waals surface area contributed by atoms with E-state index in [9.17, 15) is 9.59 Å². The smallest absolute Gasteiger partial charge is 0.303 e. The molecular weight excluding hydrogens is 220 g/mol. The summed E-state index contributed by atoms with van der Waals surface area (Å²) >= 11 is 0. The molecule has 0 aliphatic rings. The Hall–Kier alpha value is -2.35. The Bertz CT molecular complexity index is 463. The number of benzene rings is 1. The van der Waals surface area contributed by atoms with Crippen LogP contribution in [0.15, 0.2) is 24.3 Å². The number of carboxylic acid groups (broad SMARTS) is 1. The normalized spacial score (nSPS) is 9.35. The highest BCUT2D eigenvalue weighted by Gasteiger charge is 2.05. The average Bonchev–Trinajstić information content (AvgIpc) is 2.34. The Morgan fingerprint density at radius 1 is 1.41 bits per heavy atom. The van der Waals surface area contributed by atoms with Gasteiger partial charge in [-0.3, -0.25) is 9.59 Å². The minimum Gasteiger partial charge on any atom is -0.481 e. The lowest BCUT2D eigenvalue weighted by Crippen LogP contribution is -2.24. The second-order valence-corrected chi connectivity index (χ2v) is 3.45. The van der Waals surface area contributed by atoms with E-state index in [2.05, 4.69) is 5.32 Å². The van der Waals surface area contributed by atoms with Crippen LogP contribution in [0.25, 0.3) is 0 Å². The summed E-state index contributed by atoms with van der Waals surface area (Å²) in [5.74, 6) is -1.18. The molecule has 5 heteroatoms. The van der Waals surface area contributed by atoms with Gasteiger partial charge in [-0.1, -0.05) is 6.07 Å². The SMILES string of the molecule is N#Cc1cccc(C(=O)NCCCC(=O)O)c1. The average molecular weight is 232 g/mol. The first-order valence-electron chi connectivity index (χ1n) is 5.13. The second kappa shape index (κ2) is 6.28. The van der Waals surface area contributed by atoms with E-state index in [1.807, 2.05) is 6.07 Å². The van der Waals surface area contributed by atoms with Crippen LogP contribution in [0, 0.1) is 11.3 Å². The summed E-state index contributed by atoms with van der Waals surface area (Å²) in [7, 11) is 0. The maximum atomic E-state index is 11.6. The predicted octanol–water partition coefficient (Wildman–Crippen LogP) is 1.15. The fourth-order valence-electron chi connectivity index (χ4n) is 1.27. The van der Waals surface area contributed by atoms with Crippen LogP contribution in [0.2, 0.25) is 0 Å². The van der Waals surface area contributed by atoms with Gasteiger partial charge in [-0.25, -0.2) is 0 Å². The lowest BCUT2D eigenvalue weighted by Gasteiger charge is -2.04. The van der Waals surface area contributed by atoms with Crippen molar-refractivity contribution in [2.75, 3.05) is 6.54 Å². The largest absolute Gasteiger partial charge is 0.481 e. The van der Waals surface area contributed by atoms with Crippen LogP contribution in [-0.4, -0.2) is 23.5 Å². The Labute approximate surface area is 98.7 Å². The molecule has 0 bridgehead atoms. The number of carbonyl (C=O) groups is 2. The molecule has 0 aromatic heterocycles. The fraction of sp³-hybridized carbons (Fsp3) is 0.250. The minimum atomic E-state index is -0.884. The van der Waals surface area contributed by atoms with E-state index in [0.29, 0.717) is 24.1 Å². The predicted molar refractivity (Wildman–Crippen MR) is 60.4 cm³/mol. The number of carbonyl (C=O) groups excluding carboxylic acids is 1. The number of nitrogens with one attached hydrogen (secondary N) is 1. The van der Waals surface area contributed by atoms with Gasteiger partial charge in [0.05, 0.1) is 11.6 Å². The summed E-state index contributed by atoms with van der Waals surface area (Å²) in [6.07, 6.45) is 0.414. The minimum absolute atomic E-state index is 0.0263. The number of nitrogens with zero attached hydrogens (tertiary/aromatic N) is 1. The van der Waals surface area contributed by atoms with Gasteiger partial charge in [0, 0.05) is 18.5 Å². The monoisotopic (exact) mass is 232 g/mol. The molecule has 17 heavy (non-hydrogen) atoms. The number of rotatable bonds is 5. The van der Waals surface area contributed by atoms with Gasteiger partial charge in [0.2, 0.25) is 0 Å². The molecule has 5 nitrogen and oxygen atoms in total. The van der Waals surface area contributed by atoms with Gasteiger partial charge in [-0.15, -0.1) is 0 Å². The molecule has 0 atom stereocenters. The highest BCUT2D eigenvalue weighted by atomic mass is 16.4. The summed E-state index contributed by atoms with van der Waals surface area (Å²) in [6, 6.07) is 8.29. The van der Waals surface area contributed by atoms with Gasteiger partial charge < -0.3 is 10.4 Å². The Morgan fingerprint density at radius 3 is 2.82 bits per heavy atom. The van der Waals surface area contributed by atoms with E-state index in [0.717, 1.165) is 0 Å². The van der Waals surface area contributed by atoms with Crippen molar-refractivity contribution in [2.24, 2.45) is 0 Å². The van der Waals surface area contributed by atoms with E-state index in [-0.39, 0.29) is 12.3 Å². The molecule has 2 N–H and O–H groups in total. The lowest BCUT2D eigenvalue weighted by atomic mass is 10.1. The van der Waals surface area contributed by atoms with E-state index in [1.54, 1.807) is 18.2 Å². The number of nitriles is 1. The standard InChI is InChI=1S/C12H12N2O3/c13-8-9-3-1-4-10(7-9)12(17)14-6-2-5-11(15)16/h1,3-4,7H,2,5-6H2,(H,14,17)(H,15,16). The molecule has 0 aliphatic carbocycles. The van der Waals surface area contributed by atoms with Crippen molar-refractivity contribution < 1.29 is 14.7 Å². The highest BCUT2D eigenvalue weighted by Crippen LogP contribution is 2.03. The van der Waals surface area contributed by atoms with Crippen molar-refractivity contribution in [1.82, 2.24) is 5.32 Å². The van der Waals surface area contributed by atoms with Crippen molar-refractivity contribution in [3.63, 3.8) is 0 Å². The van der Waals surface area contributed by atoms with Crippen LogP contribution in [0.5, 0.6) is 0 Å². The van der Waals surface area contributed by atoms with Crippen LogP contribution >= 0.6 is 0 Å². The van der Waals surface area contributed by atoms with E-state index in [4.69, 9.17) is 10.4 Å². The first-order valence-corrected chi connectivity index (χ1v) is 5.13. The van der Waals surface area contributed by atoms with E-state index in [1.165, 1.54) is 6.07 Å². The first-order chi connectivity index (χ1) is 8.13. The molecule has 1 aromatic carbocycles. The quantitative estimate of drug-likeness (QED) is 0.745. The second-order valence-electron chi connectivity index (χ2n) is 3.45. The summed E-state index contributed by atoms with van der Waals surface area (Å²) in [5, 5.41) is 19.7. The van der Waals surface area contributed by atoms with Crippen molar-refractivity contribution in [3.8, 4) is 6.07 Å². The third kappa shape index (κ3) is 4.34. The number of carboxylic acids is 1. The molecule has 1 amide bonds. The zero-order valence-corrected chi connectivity index (χ0v) is 9.14. The molecule has 1 aromatic rings. The van der Waals surface area contributed by atoms with Crippen LogP contribution in [0.1, 0.15) is 28.8 Å². The van der Waals surface area contributed by atoms with E-state index >= 15 is 0 Å². The Kier molecular flexibility index (Phi) is 4.70. The van der Waals surface area contributed by atoms with Gasteiger partial charge in [0.25, 0.3) is 5.91 Å². The fourth-order valence-corrected chi connectivity index (χ4v) is 1.27. The number of hydrogen-bond donors (Lipinski definition) is 2. The van der Waals surface area contributed by atoms with E-state index < -0.39 is 5.97 Å². The van der Waals surface area contributed by atoms with Gasteiger partial charge >= 0.3 is 5.97 Å². The van der Waals surface area contributed by atoms with Crippen molar-refractivity contribution in [3.05, 3.63) is 35.4 Å². The molecule has 88 valence electrons. The number of amides is 1. The molecule has 1 rings (SSSR count). The van der Waals surface area contributed by atoms with Crippen molar-refractivity contribution in [2.45, 2.75) is 12.8 Å². The zero-order valence-electron chi connectivity index (χ0n) is 9.14. The summed E-state index contributed by atoms with van der Waals surface area (Å²) < 4.78 is 0. The third-order valence-corrected chi connectivity index (χ3v) is 2.11. The summed E-state index contributed by atoms with van der Waals surface area (Å²) in [5.41, 5.74) is 0.822. The molecule has 0 fully saturated rings. The van der Waals surface area contributed by atoms with Crippen LogP contribution in [-0.2, 0) is 4.79 Å². The van der Waals surface area contributed by atoms with Gasteiger partial charge in [0.15, 0.2) is 0 Å². The third-order valence-electron chi connectivity index (χ3n) is 2.11.